The smallest absolute Gasteiger partial charge is 0.265 e. The molecule has 1 aliphatic heterocycles. The van der Waals surface area contributed by atoms with Crippen LogP contribution in [0.15, 0.2) is 24.3 Å². The van der Waals surface area contributed by atoms with Crippen molar-refractivity contribution < 1.29 is 4.79 Å². The SMILES string of the molecule is Cc1nc(-c2ccc(Cl)cc2)sc1C(=O)N1CCC(N)CC1. The summed E-state index contributed by atoms with van der Waals surface area (Å²) in [4.78, 5) is 19.8. The number of likely N-dealkylation sites (tertiary alicyclic amines) is 1. The molecule has 0 radical (unpaired) electrons. The van der Waals surface area contributed by atoms with Crippen LogP contribution in [0.3, 0.4) is 0 Å². The van der Waals surface area contributed by atoms with Crippen molar-refractivity contribution in [1.82, 2.24) is 9.88 Å². The molecule has 4 nitrogen and oxygen atoms in total. The minimum absolute atomic E-state index is 0.0714. The summed E-state index contributed by atoms with van der Waals surface area (Å²) in [5, 5.41) is 1.55. The number of nitrogens with zero attached hydrogens (tertiary/aromatic N) is 2. The molecule has 0 spiro atoms. The third-order valence-electron chi connectivity index (χ3n) is 3.91. The standard InChI is InChI=1S/C16H18ClN3OS/c1-10-14(16(21)20-8-6-13(18)7-9-20)22-15(19-10)11-2-4-12(17)5-3-11/h2-5,13H,6-9,18H2,1H3. The van der Waals surface area contributed by atoms with Crippen molar-refractivity contribution in [3.8, 4) is 10.6 Å². The van der Waals surface area contributed by atoms with Crippen LogP contribution >= 0.6 is 22.9 Å². The second-order valence-electron chi connectivity index (χ2n) is 5.57. The highest BCUT2D eigenvalue weighted by Crippen LogP contribution is 2.30. The van der Waals surface area contributed by atoms with Gasteiger partial charge in [-0.3, -0.25) is 4.79 Å². The van der Waals surface area contributed by atoms with Gasteiger partial charge in [-0.05, 0) is 31.9 Å². The van der Waals surface area contributed by atoms with Gasteiger partial charge in [0.15, 0.2) is 0 Å². The molecule has 2 aromatic rings. The lowest BCUT2D eigenvalue weighted by Gasteiger charge is -2.29. The molecule has 1 fully saturated rings. The van der Waals surface area contributed by atoms with Crippen molar-refractivity contribution in [3.63, 3.8) is 0 Å². The van der Waals surface area contributed by atoms with Crippen molar-refractivity contribution in [3.05, 3.63) is 39.9 Å². The van der Waals surface area contributed by atoms with Gasteiger partial charge in [0.25, 0.3) is 5.91 Å². The normalized spacial score (nSPS) is 16.0. The summed E-state index contributed by atoms with van der Waals surface area (Å²) >= 11 is 7.36. The first-order chi connectivity index (χ1) is 10.5. The van der Waals surface area contributed by atoms with E-state index in [4.69, 9.17) is 17.3 Å². The van der Waals surface area contributed by atoms with Gasteiger partial charge < -0.3 is 10.6 Å². The Morgan fingerprint density at radius 1 is 1.32 bits per heavy atom. The Morgan fingerprint density at radius 3 is 2.59 bits per heavy atom. The van der Waals surface area contributed by atoms with Gasteiger partial charge in [0, 0.05) is 29.7 Å². The van der Waals surface area contributed by atoms with Gasteiger partial charge in [-0.25, -0.2) is 4.98 Å². The van der Waals surface area contributed by atoms with Crippen LogP contribution < -0.4 is 5.73 Å². The number of benzene rings is 1. The van der Waals surface area contributed by atoms with Gasteiger partial charge in [0.2, 0.25) is 0 Å². The topological polar surface area (TPSA) is 59.2 Å². The Labute approximate surface area is 138 Å². The van der Waals surface area contributed by atoms with E-state index in [9.17, 15) is 4.79 Å². The largest absolute Gasteiger partial charge is 0.338 e. The van der Waals surface area contributed by atoms with Gasteiger partial charge in [0.1, 0.15) is 9.88 Å². The molecule has 1 saturated heterocycles. The monoisotopic (exact) mass is 335 g/mol. The fourth-order valence-electron chi connectivity index (χ4n) is 2.56. The molecule has 0 unspecified atom stereocenters. The van der Waals surface area contributed by atoms with Gasteiger partial charge in [-0.2, -0.15) is 0 Å². The maximum Gasteiger partial charge on any atom is 0.265 e. The van der Waals surface area contributed by atoms with Crippen LogP contribution in [0.25, 0.3) is 10.6 Å². The average molecular weight is 336 g/mol. The molecule has 0 aliphatic carbocycles. The summed E-state index contributed by atoms with van der Waals surface area (Å²) in [5.41, 5.74) is 7.67. The number of aryl methyl sites for hydroxylation is 1. The molecule has 1 aliphatic rings. The van der Waals surface area contributed by atoms with Crippen LogP contribution in [-0.4, -0.2) is 34.9 Å². The number of halogens is 1. The number of piperidine rings is 1. The highest BCUT2D eigenvalue weighted by Gasteiger charge is 2.25. The second kappa shape index (κ2) is 6.36. The Balaban J connectivity index is 1.83. The number of amides is 1. The lowest BCUT2D eigenvalue weighted by Crippen LogP contribution is -2.42. The predicted molar refractivity (Wildman–Crippen MR) is 90.4 cm³/mol. The van der Waals surface area contributed by atoms with Crippen LogP contribution in [0.1, 0.15) is 28.2 Å². The first-order valence-electron chi connectivity index (χ1n) is 7.33. The first kappa shape index (κ1) is 15.5. The highest BCUT2D eigenvalue weighted by molar-refractivity contribution is 7.17. The Bertz CT molecular complexity index is 675. The summed E-state index contributed by atoms with van der Waals surface area (Å²) in [6.07, 6.45) is 1.74. The average Bonchev–Trinajstić information content (AvgIpc) is 2.90. The minimum Gasteiger partial charge on any atom is -0.338 e. The van der Waals surface area contributed by atoms with E-state index in [1.54, 1.807) is 0 Å². The zero-order valence-electron chi connectivity index (χ0n) is 12.4. The number of nitrogens with two attached hydrogens (primary N) is 1. The van der Waals surface area contributed by atoms with Crippen molar-refractivity contribution in [2.75, 3.05) is 13.1 Å². The van der Waals surface area contributed by atoms with Crippen LogP contribution in [0.2, 0.25) is 5.02 Å². The van der Waals surface area contributed by atoms with Crippen LogP contribution in [-0.2, 0) is 0 Å². The molecule has 116 valence electrons. The summed E-state index contributed by atoms with van der Waals surface area (Å²) in [5.74, 6) is 0.0714. The molecule has 0 saturated carbocycles. The molecule has 1 amide bonds. The van der Waals surface area contributed by atoms with Crippen molar-refractivity contribution in [2.45, 2.75) is 25.8 Å². The molecule has 1 aromatic heterocycles. The zero-order chi connectivity index (χ0) is 15.7. The van der Waals surface area contributed by atoms with Gasteiger partial charge in [-0.15, -0.1) is 11.3 Å². The summed E-state index contributed by atoms with van der Waals surface area (Å²) in [6, 6.07) is 7.74. The quantitative estimate of drug-likeness (QED) is 0.915. The van der Waals surface area contributed by atoms with E-state index in [2.05, 4.69) is 4.98 Å². The van der Waals surface area contributed by atoms with E-state index >= 15 is 0 Å². The van der Waals surface area contributed by atoms with Gasteiger partial charge in [-0.1, -0.05) is 23.7 Å². The number of hydrogen-bond donors (Lipinski definition) is 1. The number of carbonyl (C=O) groups is 1. The van der Waals surface area contributed by atoms with E-state index in [1.165, 1.54) is 11.3 Å². The maximum atomic E-state index is 12.7. The molecule has 2 heterocycles. The fraction of sp³-hybridized carbons (Fsp3) is 0.375. The molecule has 2 N–H and O–H groups in total. The number of rotatable bonds is 2. The van der Waals surface area contributed by atoms with Crippen LogP contribution in [0, 0.1) is 6.92 Å². The van der Waals surface area contributed by atoms with Crippen LogP contribution in [0.4, 0.5) is 0 Å². The highest BCUT2D eigenvalue weighted by atomic mass is 35.5. The number of carbonyl (C=O) groups excluding carboxylic acids is 1. The molecular formula is C16H18ClN3OS. The molecule has 3 rings (SSSR count). The lowest BCUT2D eigenvalue weighted by molar-refractivity contribution is 0.0718. The van der Waals surface area contributed by atoms with E-state index in [1.807, 2.05) is 36.1 Å². The second-order valence-corrected chi connectivity index (χ2v) is 7.01. The Hall–Kier alpha value is -1.43. The lowest BCUT2D eigenvalue weighted by atomic mass is 10.1. The maximum absolute atomic E-state index is 12.7. The van der Waals surface area contributed by atoms with Gasteiger partial charge >= 0.3 is 0 Å². The molecule has 0 bridgehead atoms. The molecular weight excluding hydrogens is 318 g/mol. The molecule has 6 heteroatoms. The third-order valence-corrected chi connectivity index (χ3v) is 5.36. The minimum atomic E-state index is 0.0714. The first-order valence-corrected chi connectivity index (χ1v) is 8.52. The number of thiazole rings is 1. The van der Waals surface area contributed by atoms with Gasteiger partial charge in [0.05, 0.1) is 5.69 Å². The number of hydrogen-bond acceptors (Lipinski definition) is 4. The Morgan fingerprint density at radius 2 is 1.95 bits per heavy atom. The molecule has 0 atom stereocenters. The van der Waals surface area contributed by atoms with Crippen molar-refractivity contribution in [1.29, 1.82) is 0 Å². The van der Waals surface area contributed by atoms with E-state index in [0.29, 0.717) is 5.02 Å². The summed E-state index contributed by atoms with van der Waals surface area (Å²) in [7, 11) is 0. The summed E-state index contributed by atoms with van der Waals surface area (Å²) < 4.78 is 0. The van der Waals surface area contributed by atoms with E-state index in [0.717, 1.165) is 47.1 Å². The van der Waals surface area contributed by atoms with E-state index < -0.39 is 0 Å². The van der Waals surface area contributed by atoms with Crippen molar-refractivity contribution >= 4 is 28.8 Å². The van der Waals surface area contributed by atoms with Crippen molar-refractivity contribution in [2.24, 2.45) is 5.73 Å². The van der Waals surface area contributed by atoms with Crippen LogP contribution in [0.5, 0.6) is 0 Å². The summed E-state index contributed by atoms with van der Waals surface area (Å²) in [6.45, 7) is 3.35. The Kier molecular flexibility index (Phi) is 4.47. The zero-order valence-corrected chi connectivity index (χ0v) is 14.0. The fourth-order valence-corrected chi connectivity index (χ4v) is 3.72. The molecule has 22 heavy (non-hydrogen) atoms. The third kappa shape index (κ3) is 3.16. The predicted octanol–water partition coefficient (Wildman–Crippen LogP) is 3.34. The number of aromatic nitrogens is 1. The van der Waals surface area contributed by atoms with E-state index in [-0.39, 0.29) is 11.9 Å². The molecule has 1 aromatic carbocycles.